The molecule has 0 bridgehead atoms. The number of hydrogen-bond donors (Lipinski definition) is 1. The highest BCUT2D eigenvalue weighted by molar-refractivity contribution is 7.99. The number of benzene rings is 2. The van der Waals surface area contributed by atoms with E-state index in [-0.39, 0.29) is 18.4 Å². The Morgan fingerprint density at radius 3 is 2.67 bits per heavy atom. The maximum Gasteiger partial charge on any atom is 0.411 e. The van der Waals surface area contributed by atoms with Crippen LogP contribution in [0.4, 0.5) is 21.9 Å². The van der Waals surface area contributed by atoms with Gasteiger partial charge in [-0.15, -0.1) is 11.6 Å². The number of amides is 2. The van der Waals surface area contributed by atoms with E-state index in [0.717, 1.165) is 15.5 Å². The van der Waals surface area contributed by atoms with Crippen molar-refractivity contribution >= 4 is 52.4 Å². The van der Waals surface area contributed by atoms with Gasteiger partial charge >= 0.3 is 6.09 Å². The van der Waals surface area contributed by atoms with E-state index in [1.807, 2.05) is 30.3 Å². The molecule has 2 aromatic rings. The number of fused-ring (bicyclic) bond motifs is 2. The Hall–Kier alpha value is -2.18. The Balaban J connectivity index is 2.01. The van der Waals surface area contributed by atoms with Crippen molar-refractivity contribution < 1.29 is 14.3 Å². The molecule has 124 valence electrons. The number of hydrogen-bond acceptors (Lipinski definition) is 4. The third-order valence-electron chi connectivity index (χ3n) is 3.41. The maximum atomic E-state index is 12.4. The molecule has 0 saturated heterocycles. The molecule has 0 unspecified atom stereocenters. The Morgan fingerprint density at radius 1 is 1.17 bits per heavy atom. The van der Waals surface area contributed by atoms with Gasteiger partial charge in [-0.05, 0) is 37.3 Å². The molecule has 2 amide bonds. The van der Waals surface area contributed by atoms with Gasteiger partial charge in [0, 0.05) is 15.5 Å². The fraction of sp³-hybridized carbons (Fsp3) is 0.176. The van der Waals surface area contributed by atoms with Gasteiger partial charge in [0.25, 0.3) is 0 Å². The van der Waals surface area contributed by atoms with Crippen LogP contribution in [0.15, 0.2) is 52.3 Å². The van der Waals surface area contributed by atoms with Crippen LogP contribution in [-0.2, 0) is 9.53 Å². The number of nitrogens with one attached hydrogen (secondary N) is 1. The van der Waals surface area contributed by atoms with E-state index < -0.39 is 6.09 Å². The number of carbonyl (C=O) groups excluding carboxylic acids is 2. The third-order valence-corrected chi connectivity index (χ3v) is 4.77. The predicted octanol–water partition coefficient (Wildman–Crippen LogP) is 4.62. The SMILES string of the molecule is CCOC(=O)Nc1ccc2c(c1)N(C(=O)CCl)c1ccccc1S2. The Morgan fingerprint density at radius 2 is 1.92 bits per heavy atom. The monoisotopic (exact) mass is 362 g/mol. The lowest BCUT2D eigenvalue weighted by Gasteiger charge is -2.31. The summed E-state index contributed by atoms with van der Waals surface area (Å²) in [5.74, 6) is -0.354. The van der Waals surface area contributed by atoms with Gasteiger partial charge in [0.05, 0.1) is 18.0 Å². The zero-order valence-electron chi connectivity index (χ0n) is 12.9. The summed E-state index contributed by atoms with van der Waals surface area (Å²) in [7, 11) is 0. The van der Waals surface area contributed by atoms with Crippen molar-refractivity contribution in [2.24, 2.45) is 0 Å². The lowest BCUT2D eigenvalue weighted by atomic mass is 10.2. The molecule has 0 fully saturated rings. The van der Waals surface area contributed by atoms with Gasteiger partial charge in [-0.25, -0.2) is 4.79 Å². The zero-order valence-corrected chi connectivity index (χ0v) is 14.5. The first-order valence-electron chi connectivity index (χ1n) is 7.37. The molecule has 0 saturated carbocycles. The molecule has 2 aromatic carbocycles. The number of nitrogens with zero attached hydrogens (tertiary/aromatic N) is 1. The average molecular weight is 363 g/mol. The lowest BCUT2D eigenvalue weighted by molar-refractivity contribution is -0.115. The van der Waals surface area contributed by atoms with Crippen LogP contribution < -0.4 is 10.2 Å². The molecule has 0 spiro atoms. The molecule has 1 N–H and O–H groups in total. The van der Waals surface area contributed by atoms with E-state index in [1.165, 1.54) is 0 Å². The summed E-state index contributed by atoms with van der Waals surface area (Å²) in [5, 5.41) is 2.65. The summed E-state index contributed by atoms with van der Waals surface area (Å²) in [5.41, 5.74) is 2.03. The average Bonchev–Trinajstić information content (AvgIpc) is 2.59. The summed E-state index contributed by atoms with van der Waals surface area (Å²) in [6.45, 7) is 2.03. The highest BCUT2D eigenvalue weighted by Gasteiger charge is 2.28. The van der Waals surface area contributed by atoms with Crippen LogP contribution in [-0.4, -0.2) is 24.5 Å². The van der Waals surface area contributed by atoms with Crippen LogP contribution in [0.5, 0.6) is 0 Å². The molecule has 1 aliphatic rings. The first-order chi connectivity index (χ1) is 11.6. The molecule has 0 aromatic heterocycles. The van der Waals surface area contributed by atoms with Crippen LogP contribution in [0.25, 0.3) is 0 Å². The highest BCUT2D eigenvalue weighted by Crippen LogP contribution is 2.48. The first kappa shape index (κ1) is 16.7. The van der Waals surface area contributed by atoms with Gasteiger partial charge in [0.1, 0.15) is 5.88 Å². The highest BCUT2D eigenvalue weighted by atomic mass is 35.5. The second-order valence-electron chi connectivity index (χ2n) is 4.96. The largest absolute Gasteiger partial charge is 0.450 e. The molecule has 1 aliphatic heterocycles. The molecular formula is C17H15ClN2O3S. The summed E-state index contributed by atoms with van der Waals surface area (Å²) >= 11 is 7.37. The van der Waals surface area contributed by atoms with Crippen molar-refractivity contribution in [2.45, 2.75) is 16.7 Å². The number of alkyl halides is 1. The smallest absolute Gasteiger partial charge is 0.411 e. The number of halogens is 1. The molecule has 0 radical (unpaired) electrons. The molecule has 3 rings (SSSR count). The lowest BCUT2D eigenvalue weighted by Crippen LogP contribution is -2.29. The topological polar surface area (TPSA) is 58.6 Å². The fourth-order valence-electron chi connectivity index (χ4n) is 2.45. The minimum atomic E-state index is -0.531. The number of para-hydroxylation sites is 1. The molecule has 24 heavy (non-hydrogen) atoms. The molecule has 5 nitrogen and oxygen atoms in total. The predicted molar refractivity (Wildman–Crippen MR) is 95.5 cm³/mol. The normalized spacial score (nSPS) is 12.2. The van der Waals surface area contributed by atoms with E-state index in [9.17, 15) is 9.59 Å². The van der Waals surface area contributed by atoms with Gasteiger partial charge in [-0.1, -0.05) is 23.9 Å². The van der Waals surface area contributed by atoms with Crippen LogP contribution >= 0.6 is 23.4 Å². The minimum Gasteiger partial charge on any atom is -0.450 e. The van der Waals surface area contributed by atoms with Crippen LogP contribution in [0, 0.1) is 0 Å². The molecular weight excluding hydrogens is 348 g/mol. The van der Waals surface area contributed by atoms with E-state index in [2.05, 4.69) is 5.32 Å². The Kier molecular flexibility index (Phi) is 4.97. The molecule has 1 heterocycles. The number of rotatable bonds is 3. The fourth-order valence-corrected chi connectivity index (χ4v) is 3.60. The van der Waals surface area contributed by atoms with Crippen molar-refractivity contribution in [1.82, 2.24) is 0 Å². The Labute approximate surface area is 148 Å². The second-order valence-corrected chi connectivity index (χ2v) is 6.31. The van der Waals surface area contributed by atoms with Gasteiger partial charge in [-0.2, -0.15) is 0 Å². The van der Waals surface area contributed by atoms with Crippen molar-refractivity contribution in [2.75, 3.05) is 22.7 Å². The van der Waals surface area contributed by atoms with E-state index >= 15 is 0 Å². The van der Waals surface area contributed by atoms with Crippen LogP contribution in [0.3, 0.4) is 0 Å². The van der Waals surface area contributed by atoms with Gasteiger partial charge in [0.15, 0.2) is 0 Å². The van der Waals surface area contributed by atoms with Crippen LogP contribution in [0.2, 0.25) is 0 Å². The summed E-state index contributed by atoms with van der Waals surface area (Å²) in [6, 6.07) is 13.0. The quantitative estimate of drug-likeness (QED) is 0.809. The summed E-state index contributed by atoms with van der Waals surface area (Å²) in [6.07, 6.45) is -0.531. The van der Waals surface area contributed by atoms with Gasteiger partial charge in [0.2, 0.25) is 5.91 Å². The number of anilines is 3. The second kappa shape index (κ2) is 7.15. The van der Waals surface area contributed by atoms with Crippen molar-refractivity contribution in [3.8, 4) is 0 Å². The summed E-state index contributed by atoms with van der Waals surface area (Å²) < 4.78 is 4.88. The van der Waals surface area contributed by atoms with Gasteiger partial charge in [-0.3, -0.25) is 15.0 Å². The van der Waals surface area contributed by atoms with Crippen molar-refractivity contribution in [3.63, 3.8) is 0 Å². The summed E-state index contributed by atoms with van der Waals surface area (Å²) in [4.78, 5) is 27.5. The van der Waals surface area contributed by atoms with Gasteiger partial charge < -0.3 is 4.74 Å². The number of ether oxygens (including phenoxy) is 1. The van der Waals surface area contributed by atoms with E-state index in [1.54, 1.807) is 35.7 Å². The first-order valence-corrected chi connectivity index (χ1v) is 8.72. The van der Waals surface area contributed by atoms with Crippen molar-refractivity contribution in [1.29, 1.82) is 0 Å². The Bertz CT molecular complexity index is 797. The minimum absolute atomic E-state index is 0.131. The molecule has 0 aliphatic carbocycles. The van der Waals surface area contributed by atoms with Crippen molar-refractivity contribution in [3.05, 3.63) is 42.5 Å². The van der Waals surface area contributed by atoms with E-state index in [4.69, 9.17) is 16.3 Å². The number of carbonyl (C=O) groups is 2. The molecule has 7 heteroatoms. The zero-order chi connectivity index (χ0) is 17.1. The third kappa shape index (κ3) is 3.20. The maximum absolute atomic E-state index is 12.4. The molecule has 0 atom stereocenters. The van der Waals surface area contributed by atoms with E-state index in [0.29, 0.717) is 11.4 Å². The standard InChI is InChI=1S/C17H15ClN2O3S/c1-2-23-17(22)19-11-7-8-15-13(9-11)20(16(21)10-18)12-5-3-4-6-14(12)24-15/h3-9H,2,10H2,1H3,(H,19,22). The van der Waals surface area contributed by atoms with Crippen LogP contribution in [0.1, 0.15) is 6.92 Å².